The van der Waals surface area contributed by atoms with Crippen LogP contribution in [0.3, 0.4) is 0 Å². The van der Waals surface area contributed by atoms with Crippen LogP contribution >= 0.6 is 24.0 Å². The number of nitrogens with one attached hydrogen (secondary N) is 2. The van der Waals surface area contributed by atoms with E-state index in [4.69, 9.17) is 11.6 Å². The summed E-state index contributed by atoms with van der Waals surface area (Å²) in [4.78, 5) is 26.6. The summed E-state index contributed by atoms with van der Waals surface area (Å²) in [5.41, 5.74) is 1.02. The van der Waals surface area contributed by atoms with E-state index in [-0.39, 0.29) is 30.3 Å². The minimum Gasteiger partial charge on any atom is -0.339 e. The van der Waals surface area contributed by atoms with E-state index in [9.17, 15) is 9.59 Å². The number of carbonyl (C=O) groups is 2. The standard InChI is InChI=1S/C20H30ClN3O2.ClH/c1-13(2)24(4)20(26)16-5-6-17(21)18(12-16)23-19(25)11-14(3)15-7-9-22-10-8-15;/h5-6,12-15,22H,7-11H2,1-4H3,(H,23,25);1H. The molecule has 2 amide bonds. The van der Waals surface area contributed by atoms with Crippen LogP contribution < -0.4 is 10.6 Å². The van der Waals surface area contributed by atoms with Crippen molar-refractivity contribution in [1.82, 2.24) is 10.2 Å². The highest BCUT2D eigenvalue weighted by atomic mass is 35.5. The number of halogens is 2. The molecule has 2 N–H and O–H groups in total. The maximum absolute atomic E-state index is 12.5. The molecule has 152 valence electrons. The van der Waals surface area contributed by atoms with Crippen molar-refractivity contribution in [1.29, 1.82) is 0 Å². The van der Waals surface area contributed by atoms with Gasteiger partial charge < -0.3 is 15.5 Å². The second-order valence-corrected chi connectivity index (χ2v) is 7.93. The van der Waals surface area contributed by atoms with Crippen LogP contribution in [0.4, 0.5) is 5.69 Å². The fraction of sp³-hybridized carbons (Fsp3) is 0.600. The van der Waals surface area contributed by atoms with Crippen LogP contribution in [0.1, 0.15) is 50.4 Å². The molecule has 0 aliphatic carbocycles. The monoisotopic (exact) mass is 415 g/mol. The Hall–Kier alpha value is -1.30. The van der Waals surface area contributed by atoms with Gasteiger partial charge in [-0.1, -0.05) is 18.5 Å². The number of amides is 2. The Labute approximate surface area is 173 Å². The topological polar surface area (TPSA) is 61.4 Å². The smallest absolute Gasteiger partial charge is 0.253 e. The predicted octanol–water partition coefficient (Wildman–Crippen LogP) is 4.21. The lowest BCUT2D eigenvalue weighted by Crippen LogP contribution is -2.33. The van der Waals surface area contributed by atoms with E-state index in [0.717, 1.165) is 25.9 Å². The number of benzene rings is 1. The Morgan fingerprint density at radius 3 is 2.48 bits per heavy atom. The van der Waals surface area contributed by atoms with Crippen LogP contribution in [0.5, 0.6) is 0 Å². The van der Waals surface area contributed by atoms with E-state index in [2.05, 4.69) is 17.6 Å². The van der Waals surface area contributed by atoms with Gasteiger partial charge in [-0.05, 0) is 69.8 Å². The summed E-state index contributed by atoms with van der Waals surface area (Å²) < 4.78 is 0. The summed E-state index contributed by atoms with van der Waals surface area (Å²) in [7, 11) is 1.76. The Bertz CT molecular complexity index is 646. The maximum Gasteiger partial charge on any atom is 0.253 e. The van der Waals surface area contributed by atoms with Gasteiger partial charge >= 0.3 is 0 Å². The quantitative estimate of drug-likeness (QED) is 0.731. The second kappa shape index (κ2) is 10.9. The van der Waals surface area contributed by atoms with Gasteiger partial charge in [-0.15, -0.1) is 12.4 Å². The van der Waals surface area contributed by atoms with Crippen molar-refractivity contribution in [2.75, 3.05) is 25.5 Å². The van der Waals surface area contributed by atoms with E-state index in [1.165, 1.54) is 0 Å². The minimum absolute atomic E-state index is 0. The normalized spacial score (nSPS) is 15.8. The van der Waals surface area contributed by atoms with Gasteiger partial charge in [-0.25, -0.2) is 0 Å². The molecule has 1 unspecified atom stereocenters. The van der Waals surface area contributed by atoms with Crippen LogP contribution in [-0.2, 0) is 4.79 Å². The van der Waals surface area contributed by atoms with Gasteiger partial charge in [0.15, 0.2) is 0 Å². The number of piperidine rings is 1. The number of anilines is 1. The van der Waals surface area contributed by atoms with Crippen LogP contribution in [0.25, 0.3) is 0 Å². The SMILES string of the molecule is CC(CC(=O)Nc1cc(C(=O)N(C)C(C)C)ccc1Cl)C1CCNCC1.Cl. The average molecular weight is 416 g/mol. The fourth-order valence-electron chi connectivity index (χ4n) is 3.27. The van der Waals surface area contributed by atoms with Crippen LogP contribution in [-0.4, -0.2) is 42.9 Å². The third-order valence-corrected chi connectivity index (χ3v) is 5.61. The third kappa shape index (κ3) is 6.66. The van der Waals surface area contributed by atoms with Gasteiger partial charge in [0.1, 0.15) is 0 Å². The minimum atomic E-state index is -0.0877. The molecule has 27 heavy (non-hydrogen) atoms. The number of rotatable bonds is 6. The van der Waals surface area contributed by atoms with Crippen LogP contribution in [0.15, 0.2) is 18.2 Å². The van der Waals surface area contributed by atoms with Crippen LogP contribution in [0, 0.1) is 11.8 Å². The van der Waals surface area contributed by atoms with Crippen molar-refractivity contribution in [2.24, 2.45) is 11.8 Å². The molecule has 0 aromatic heterocycles. The first-order chi connectivity index (χ1) is 12.3. The average Bonchev–Trinajstić information content (AvgIpc) is 2.62. The molecule has 2 rings (SSSR count). The van der Waals surface area contributed by atoms with Gasteiger partial charge in [-0.3, -0.25) is 9.59 Å². The van der Waals surface area contributed by atoms with Crippen molar-refractivity contribution in [2.45, 2.75) is 46.1 Å². The molecule has 7 heteroatoms. The summed E-state index contributed by atoms with van der Waals surface area (Å²) in [5.74, 6) is 0.757. The molecule has 1 heterocycles. The zero-order valence-electron chi connectivity index (χ0n) is 16.5. The van der Waals surface area contributed by atoms with Crippen molar-refractivity contribution < 1.29 is 9.59 Å². The molecule has 0 bridgehead atoms. The van der Waals surface area contributed by atoms with Gasteiger partial charge in [0.2, 0.25) is 5.91 Å². The van der Waals surface area contributed by atoms with Crippen LogP contribution in [0.2, 0.25) is 5.02 Å². The zero-order chi connectivity index (χ0) is 19.3. The molecule has 1 aromatic carbocycles. The number of hydrogen-bond acceptors (Lipinski definition) is 3. The van der Waals surface area contributed by atoms with Gasteiger partial charge in [-0.2, -0.15) is 0 Å². The first-order valence-electron chi connectivity index (χ1n) is 9.37. The molecule has 5 nitrogen and oxygen atoms in total. The molecule has 1 aromatic rings. The molecular weight excluding hydrogens is 385 g/mol. The second-order valence-electron chi connectivity index (χ2n) is 7.52. The van der Waals surface area contributed by atoms with E-state index in [0.29, 0.717) is 34.5 Å². The molecule has 1 aliphatic heterocycles. The Morgan fingerprint density at radius 1 is 1.26 bits per heavy atom. The number of nitrogens with zero attached hydrogens (tertiary/aromatic N) is 1. The Kier molecular flexibility index (Phi) is 9.57. The molecular formula is C20H31Cl2N3O2. The molecule has 1 fully saturated rings. The Balaban J connectivity index is 0.00000364. The number of carbonyl (C=O) groups excluding carboxylic acids is 2. The van der Waals surface area contributed by atoms with E-state index in [1.54, 1.807) is 30.1 Å². The summed E-state index contributed by atoms with van der Waals surface area (Å²) in [6.07, 6.45) is 2.69. The first-order valence-corrected chi connectivity index (χ1v) is 9.74. The highest BCUT2D eigenvalue weighted by Crippen LogP contribution is 2.27. The summed E-state index contributed by atoms with van der Waals surface area (Å²) >= 11 is 6.22. The van der Waals surface area contributed by atoms with E-state index < -0.39 is 0 Å². The van der Waals surface area contributed by atoms with Crippen molar-refractivity contribution in [3.63, 3.8) is 0 Å². The van der Waals surface area contributed by atoms with E-state index in [1.807, 2.05) is 13.8 Å². The fourth-order valence-corrected chi connectivity index (χ4v) is 3.43. The lowest BCUT2D eigenvalue weighted by molar-refractivity contribution is -0.117. The highest BCUT2D eigenvalue weighted by Gasteiger charge is 2.23. The van der Waals surface area contributed by atoms with Gasteiger partial charge in [0.25, 0.3) is 5.91 Å². The maximum atomic E-state index is 12.5. The predicted molar refractivity (Wildman–Crippen MR) is 114 cm³/mol. The van der Waals surface area contributed by atoms with Crippen molar-refractivity contribution in [3.8, 4) is 0 Å². The van der Waals surface area contributed by atoms with E-state index >= 15 is 0 Å². The molecule has 1 atom stereocenters. The third-order valence-electron chi connectivity index (χ3n) is 5.28. The molecule has 1 saturated heterocycles. The summed E-state index contributed by atoms with van der Waals surface area (Å²) in [6, 6.07) is 5.12. The molecule has 0 radical (unpaired) electrons. The molecule has 0 spiro atoms. The molecule has 1 aliphatic rings. The largest absolute Gasteiger partial charge is 0.339 e. The lowest BCUT2D eigenvalue weighted by Gasteiger charge is -2.28. The lowest BCUT2D eigenvalue weighted by atomic mass is 9.84. The Morgan fingerprint density at radius 2 is 1.89 bits per heavy atom. The van der Waals surface area contributed by atoms with Gasteiger partial charge in [0, 0.05) is 25.1 Å². The number of hydrogen-bond donors (Lipinski definition) is 2. The molecule has 0 saturated carbocycles. The zero-order valence-corrected chi connectivity index (χ0v) is 18.1. The summed E-state index contributed by atoms with van der Waals surface area (Å²) in [6.45, 7) is 8.10. The van der Waals surface area contributed by atoms with Crippen molar-refractivity contribution in [3.05, 3.63) is 28.8 Å². The van der Waals surface area contributed by atoms with Gasteiger partial charge in [0.05, 0.1) is 10.7 Å². The highest BCUT2D eigenvalue weighted by molar-refractivity contribution is 6.33. The summed E-state index contributed by atoms with van der Waals surface area (Å²) in [5, 5.41) is 6.68. The van der Waals surface area contributed by atoms with Crippen molar-refractivity contribution >= 4 is 41.5 Å². The first kappa shape index (κ1) is 23.7.